The van der Waals surface area contributed by atoms with Crippen molar-refractivity contribution in [2.75, 3.05) is 11.9 Å². The number of carbonyl (C=O) groups is 2. The van der Waals surface area contributed by atoms with E-state index in [-0.39, 0.29) is 16.6 Å². The van der Waals surface area contributed by atoms with Crippen LogP contribution in [-0.4, -0.2) is 26.7 Å². The second kappa shape index (κ2) is 8.73. The van der Waals surface area contributed by atoms with Crippen LogP contribution in [0.4, 0.5) is 5.69 Å². The summed E-state index contributed by atoms with van der Waals surface area (Å²) < 4.78 is 26.8. The summed E-state index contributed by atoms with van der Waals surface area (Å²) in [5, 5.41) is 2.71. The minimum Gasteiger partial charge on any atom is -0.322 e. The molecule has 6 nitrogen and oxygen atoms in total. The van der Waals surface area contributed by atoms with Crippen molar-refractivity contribution in [3.8, 4) is 0 Å². The third-order valence-electron chi connectivity index (χ3n) is 3.80. The quantitative estimate of drug-likeness (QED) is 0.548. The molecule has 0 unspecified atom stereocenters. The van der Waals surface area contributed by atoms with E-state index in [4.69, 9.17) is 0 Å². The molecule has 0 saturated heterocycles. The van der Waals surface area contributed by atoms with Crippen molar-refractivity contribution < 1.29 is 18.0 Å². The molecule has 0 heterocycles. The Bertz CT molecular complexity index is 873. The normalized spacial score (nSPS) is 11.2. The predicted molar refractivity (Wildman–Crippen MR) is 101 cm³/mol. The van der Waals surface area contributed by atoms with Crippen molar-refractivity contribution in [2.24, 2.45) is 0 Å². The maximum Gasteiger partial charge on any atom is 0.255 e. The van der Waals surface area contributed by atoms with E-state index in [0.29, 0.717) is 23.4 Å². The number of amides is 1. The Morgan fingerprint density at radius 2 is 1.50 bits per heavy atom. The van der Waals surface area contributed by atoms with Gasteiger partial charge >= 0.3 is 0 Å². The minimum absolute atomic E-state index is 0.0489. The molecule has 1 amide bonds. The fourth-order valence-corrected chi connectivity index (χ4v) is 3.32. The van der Waals surface area contributed by atoms with Gasteiger partial charge in [-0.25, -0.2) is 13.1 Å². The van der Waals surface area contributed by atoms with E-state index in [1.165, 1.54) is 31.2 Å². The lowest BCUT2D eigenvalue weighted by Crippen LogP contribution is -2.24. The van der Waals surface area contributed by atoms with E-state index in [0.717, 1.165) is 12.8 Å². The van der Waals surface area contributed by atoms with Crippen molar-refractivity contribution in [1.29, 1.82) is 0 Å². The second-order valence-electron chi connectivity index (χ2n) is 5.86. The van der Waals surface area contributed by atoms with Gasteiger partial charge in [0.15, 0.2) is 5.78 Å². The third-order valence-corrected chi connectivity index (χ3v) is 5.28. The number of unbranched alkanes of at least 4 members (excludes halogenated alkanes) is 1. The van der Waals surface area contributed by atoms with Gasteiger partial charge in [-0.2, -0.15) is 0 Å². The summed E-state index contributed by atoms with van der Waals surface area (Å²) in [6.07, 6.45) is 1.66. The van der Waals surface area contributed by atoms with Gasteiger partial charge in [-0.15, -0.1) is 0 Å². The van der Waals surface area contributed by atoms with Crippen LogP contribution in [0.3, 0.4) is 0 Å². The highest BCUT2D eigenvalue weighted by Crippen LogP contribution is 2.14. The number of carbonyl (C=O) groups excluding carboxylic acids is 2. The van der Waals surface area contributed by atoms with Gasteiger partial charge in [0, 0.05) is 23.4 Å². The zero-order valence-corrected chi connectivity index (χ0v) is 15.6. The van der Waals surface area contributed by atoms with Gasteiger partial charge in [-0.3, -0.25) is 9.59 Å². The van der Waals surface area contributed by atoms with Crippen molar-refractivity contribution >= 4 is 27.4 Å². The molecule has 0 aliphatic heterocycles. The zero-order chi connectivity index (χ0) is 19.2. The van der Waals surface area contributed by atoms with Crippen LogP contribution in [0, 0.1) is 0 Å². The standard InChI is InChI=1S/C19H22N2O4S/c1-3-4-13-20-26(24,25)18-11-7-16(8-12-18)19(23)21-17-9-5-15(6-10-17)14(2)22/h5-12,20H,3-4,13H2,1-2H3,(H,21,23). The summed E-state index contributed by atoms with van der Waals surface area (Å²) in [5.41, 5.74) is 1.46. The Morgan fingerprint density at radius 1 is 0.923 bits per heavy atom. The van der Waals surface area contributed by atoms with Gasteiger partial charge in [0.05, 0.1) is 4.90 Å². The number of ketones is 1. The van der Waals surface area contributed by atoms with E-state index in [9.17, 15) is 18.0 Å². The molecule has 2 N–H and O–H groups in total. The fourth-order valence-electron chi connectivity index (χ4n) is 2.24. The number of nitrogens with one attached hydrogen (secondary N) is 2. The molecule has 0 atom stereocenters. The first-order valence-electron chi connectivity index (χ1n) is 8.35. The highest BCUT2D eigenvalue weighted by atomic mass is 32.2. The molecular formula is C19H22N2O4S. The van der Waals surface area contributed by atoms with Crippen LogP contribution in [-0.2, 0) is 10.0 Å². The van der Waals surface area contributed by atoms with Gasteiger partial charge in [0.1, 0.15) is 0 Å². The highest BCUT2D eigenvalue weighted by Gasteiger charge is 2.14. The van der Waals surface area contributed by atoms with Crippen molar-refractivity contribution in [2.45, 2.75) is 31.6 Å². The minimum atomic E-state index is -3.56. The molecule has 7 heteroatoms. The Hall–Kier alpha value is -2.51. The first-order valence-corrected chi connectivity index (χ1v) is 9.84. The number of rotatable bonds is 8. The Kier molecular flexibility index (Phi) is 6.65. The first kappa shape index (κ1) is 19.8. The maximum absolute atomic E-state index is 12.3. The molecule has 2 aromatic carbocycles. The Labute approximate surface area is 153 Å². The van der Waals surface area contributed by atoms with Crippen molar-refractivity contribution in [1.82, 2.24) is 4.72 Å². The molecule has 2 rings (SSSR count). The van der Waals surface area contributed by atoms with Crippen molar-refractivity contribution in [3.63, 3.8) is 0 Å². The summed E-state index contributed by atoms with van der Waals surface area (Å²) in [4.78, 5) is 23.6. The van der Waals surface area contributed by atoms with Gasteiger partial charge in [-0.05, 0) is 61.9 Å². The van der Waals surface area contributed by atoms with Gasteiger partial charge in [0.25, 0.3) is 5.91 Å². The number of benzene rings is 2. The van der Waals surface area contributed by atoms with Crippen LogP contribution in [0.1, 0.15) is 47.4 Å². The lowest BCUT2D eigenvalue weighted by atomic mass is 10.1. The molecule has 0 aliphatic rings. The Balaban J connectivity index is 2.05. The van der Waals surface area contributed by atoms with E-state index >= 15 is 0 Å². The number of hydrogen-bond donors (Lipinski definition) is 2. The molecule has 0 saturated carbocycles. The molecule has 0 aliphatic carbocycles. The number of sulfonamides is 1. The zero-order valence-electron chi connectivity index (χ0n) is 14.8. The lowest BCUT2D eigenvalue weighted by Gasteiger charge is -2.08. The molecule has 2 aromatic rings. The molecule has 26 heavy (non-hydrogen) atoms. The van der Waals surface area contributed by atoms with E-state index in [1.54, 1.807) is 24.3 Å². The van der Waals surface area contributed by atoms with E-state index < -0.39 is 10.0 Å². The van der Waals surface area contributed by atoms with E-state index in [1.807, 2.05) is 6.92 Å². The molecular weight excluding hydrogens is 352 g/mol. The molecule has 0 radical (unpaired) electrons. The summed E-state index contributed by atoms with van der Waals surface area (Å²) >= 11 is 0. The summed E-state index contributed by atoms with van der Waals surface area (Å²) in [5.74, 6) is -0.407. The average Bonchev–Trinajstić information content (AvgIpc) is 2.62. The fraction of sp³-hybridized carbons (Fsp3) is 0.263. The number of anilines is 1. The monoisotopic (exact) mass is 374 g/mol. The third kappa shape index (κ3) is 5.24. The second-order valence-corrected chi connectivity index (χ2v) is 7.63. The van der Waals surface area contributed by atoms with Crippen LogP contribution in [0.25, 0.3) is 0 Å². The molecule has 0 fully saturated rings. The topological polar surface area (TPSA) is 92.3 Å². The van der Waals surface area contributed by atoms with Gasteiger partial charge < -0.3 is 5.32 Å². The largest absolute Gasteiger partial charge is 0.322 e. The maximum atomic E-state index is 12.3. The lowest BCUT2D eigenvalue weighted by molar-refractivity contribution is 0.101. The van der Waals surface area contributed by atoms with Crippen LogP contribution in [0.2, 0.25) is 0 Å². The first-order chi connectivity index (χ1) is 12.3. The smallest absolute Gasteiger partial charge is 0.255 e. The van der Waals surface area contributed by atoms with Crippen molar-refractivity contribution in [3.05, 3.63) is 59.7 Å². The summed E-state index contributed by atoms with van der Waals surface area (Å²) in [7, 11) is -3.56. The highest BCUT2D eigenvalue weighted by molar-refractivity contribution is 7.89. The van der Waals surface area contributed by atoms with Gasteiger partial charge in [-0.1, -0.05) is 13.3 Å². The summed E-state index contributed by atoms with van der Waals surface area (Å²) in [6.45, 7) is 3.84. The number of hydrogen-bond acceptors (Lipinski definition) is 4. The molecule has 0 spiro atoms. The van der Waals surface area contributed by atoms with Crippen LogP contribution >= 0.6 is 0 Å². The van der Waals surface area contributed by atoms with Crippen LogP contribution in [0.15, 0.2) is 53.4 Å². The Morgan fingerprint density at radius 3 is 2.04 bits per heavy atom. The average molecular weight is 374 g/mol. The molecule has 138 valence electrons. The summed E-state index contributed by atoms with van der Waals surface area (Å²) in [6, 6.07) is 12.3. The van der Waals surface area contributed by atoms with Gasteiger partial charge in [0.2, 0.25) is 10.0 Å². The predicted octanol–water partition coefficient (Wildman–Crippen LogP) is 3.22. The molecule has 0 aromatic heterocycles. The van der Waals surface area contributed by atoms with E-state index in [2.05, 4.69) is 10.0 Å². The van der Waals surface area contributed by atoms with Crippen LogP contribution in [0.5, 0.6) is 0 Å². The molecule has 0 bridgehead atoms. The SMILES string of the molecule is CCCCNS(=O)(=O)c1ccc(C(=O)Nc2ccc(C(C)=O)cc2)cc1. The van der Waals surface area contributed by atoms with Crippen LogP contribution < -0.4 is 10.0 Å². The number of Topliss-reactive ketones (excluding diaryl/α,β-unsaturated/α-hetero) is 1.